The van der Waals surface area contributed by atoms with E-state index in [0.717, 1.165) is 0 Å². The summed E-state index contributed by atoms with van der Waals surface area (Å²) in [6, 6.07) is 0.838. The Morgan fingerprint density at radius 1 is 0.763 bits per heavy atom. The Kier molecular flexibility index (Phi) is 12.7. The van der Waals surface area contributed by atoms with Crippen molar-refractivity contribution >= 4 is 35.5 Å². The summed E-state index contributed by atoms with van der Waals surface area (Å²) in [6.45, 7) is 3.45. The van der Waals surface area contributed by atoms with Crippen LogP contribution in [0, 0.1) is 5.92 Å². The average molecular weight is 537 g/mol. The number of nitrogens with one attached hydrogen (secondary N) is 3. The Morgan fingerprint density at radius 3 is 1.68 bits per heavy atom. The van der Waals surface area contributed by atoms with Gasteiger partial charge in [0.15, 0.2) is 0 Å². The van der Waals surface area contributed by atoms with E-state index in [9.17, 15) is 39.0 Å². The summed E-state index contributed by atoms with van der Waals surface area (Å²) in [5.41, 5.74) is 16.7. The SMILES string of the molecule is CC(C)C(N)C(=O)NC(Cc1ccc(O)cc1)C(=O)NC(CCC(N)=O)C(=O)NC(CCC(N)=O)C(=O)O. The first kappa shape index (κ1) is 31.8. The molecule has 0 saturated heterocycles. The highest BCUT2D eigenvalue weighted by Gasteiger charge is 2.31. The zero-order valence-corrected chi connectivity index (χ0v) is 21.3. The molecule has 5 amide bonds. The Morgan fingerprint density at radius 2 is 1.21 bits per heavy atom. The maximum atomic E-state index is 13.2. The number of primary amides is 2. The van der Waals surface area contributed by atoms with Crippen LogP contribution < -0.4 is 33.2 Å². The molecule has 0 aliphatic heterocycles. The van der Waals surface area contributed by atoms with Crippen LogP contribution in [0.3, 0.4) is 0 Å². The van der Waals surface area contributed by atoms with Crippen molar-refractivity contribution in [3.05, 3.63) is 29.8 Å². The summed E-state index contributed by atoms with van der Waals surface area (Å²) in [7, 11) is 0. The Balaban J connectivity index is 3.16. The van der Waals surface area contributed by atoms with Crippen LogP contribution in [0.4, 0.5) is 0 Å². The number of aliphatic carboxylic acids is 1. The number of amides is 5. The maximum Gasteiger partial charge on any atom is 0.326 e. The Hall–Kier alpha value is -4.20. The number of phenols is 1. The van der Waals surface area contributed by atoms with E-state index in [4.69, 9.17) is 17.2 Å². The van der Waals surface area contributed by atoms with Gasteiger partial charge in [0, 0.05) is 19.3 Å². The van der Waals surface area contributed by atoms with E-state index in [0.29, 0.717) is 5.56 Å². The molecule has 11 N–H and O–H groups in total. The maximum absolute atomic E-state index is 13.2. The van der Waals surface area contributed by atoms with Gasteiger partial charge >= 0.3 is 5.97 Å². The van der Waals surface area contributed by atoms with Crippen LogP contribution in [-0.2, 0) is 35.2 Å². The minimum atomic E-state index is -1.49. The molecule has 1 aromatic carbocycles. The number of hydrogen-bond donors (Lipinski definition) is 8. The van der Waals surface area contributed by atoms with Crippen LogP contribution in [0.5, 0.6) is 5.75 Å². The lowest BCUT2D eigenvalue weighted by Crippen LogP contribution is -2.58. The molecule has 0 heterocycles. The fourth-order valence-electron chi connectivity index (χ4n) is 3.29. The first-order chi connectivity index (χ1) is 17.7. The van der Waals surface area contributed by atoms with Crippen LogP contribution >= 0.6 is 0 Å². The molecule has 0 aliphatic rings. The molecular formula is C24H36N6O8. The fraction of sp³-hybridized carbons (Fsp3) is 0.500. The largest absolute Gasteiger partial charge is 0.508 e. The third-order valence-corrected chi connectivity index (χ3v) is 5.64. The monoisotopic (exact) mass is 536 g/mol. The molecule has 0 aliphatic carbocycles. The Bertz CT molecular complexity index is 1010. The lowest BCUT2D eigenvalue weighted by atomic mass is 10.0. The molecule has 0 radical (unpaired) electrons. The van der Waals surface area contributed by atoms with Crippen molar-refractivity contribution in [3.8, 4) is 5.75 Å². The first-order valence-electron chi connectivity index (χ1n) is 11.9. The number of carboxylic acids is 1. The van der Waals surface area contributed by atoms with Gasteiger partial charge in [0.25, 0.3) is 0 Å². The van der Waals surface area contributed by atoms with Gasteiger partial charge in [0.05, 0.1) is 6.04 Å². The van der Waals surface area contributed by atoms with Gasteiger partial charge in [-0.25, -0.2) is 4.79 Å². The van der Waals surface area contributed by atoms with Gasteiger partial charge < -0.3 is 43.4 Å². The van der Waals surface area contributed by atoms with Crippen molar-refractivity contribution < 1.29 is 39.0 Å². The molecule has 0 spiro atoms. The smallest absolute Gasteiger partial charge is 0.326 e. The quantitative estimate of drug-likeness (QED) is 0.116. The number of nitrogens with two attached hydrogens (primary N) is 3. The Labute approximate surface area is 219 Å². The predicted octanol–water partition coefficient (Wildman–Crippen LogP) is -2.01. The van der Waals surface area contributed by atoms with Crippen molar-refractivity contribution in [1.82, 2.24) is 16.0 Å². The lowest BCUT2D eigenvalue weighted by molar-refractivity contribution is -0.142. The third kappa shape index (κ3) is 11.2. The van der Waals surface area contributed by atoms with Crippen LogP contribution in [0.25, 0.3) is 0 Å². The molecule has 4 atom stereocenters. The van der Waals surface area contributed by atoms with Gasteiger partial charge in [-0.2, -0.15) is 0 Å². The number of hydrogen-bond acceptors (Lipinski definition) is 8. The number of benzene rings is 1. The van der Waals surface area contributed by atoms with Gasteiger partial charge in [-0.05, 0) is 36.5 Å². The molecule has 38 heavy (non-hydrogen) atoms. The number of aromatic hydroxyl groups is 1. The molecule has 0 bridgehead atoms. The zero-order valence-electron chi connectivity index (χ0n) is 21.3. The highest BCUT2D eigenvalue weighted by Crippen LogP contribution is 2.12. The molecule has 210 valence electrons. The van der Waals surface area contributed by atoms with Gasteiger partial charge in [0.1, 0.15) is 23.9 Å². The highest BCUT2D eigenvalue weighted by molar-refractivity contribution is 5.94. The molecule has 0 saturated carbocycles. The van der Waals surface area contributed by atoms with E-state index in [1.165, 1.54) is 24.3 Å². The molecule has 14 nitrogen and oxygen atoms in total. The summed E-state index contributed by atoms with van der Waals surface area (Å²) in [6.07, 6.45) is -1.22. The highest BCUT2D eigenvalue weighted by atomic mass is 16.4. The van der Waals surface area contributed by atoms with Gasteiger partial charge in [-0.15, -0.1) is 0 Å². The zero-order chi connectivity index (χ0) is 29.0. The van der Waals surface area contributed by atoms with E-state index >= 15 is 0 Å². The minimum absolute atomic E-state index is 0.00637. The van der Waals surface area contributed by atoms with E-state index in [-0.39, 0.29) is 43.8 Å². The van der Waals surface area contributed by atoms with Crippen molar-refractivity contribution in [3.63, 3.8) is 0 Å². The number of phenolic OH excluding ortho intramolecular Hbond substituents is 1. The second-order valence-corrected chi connectivity index (χ2v) is 9.17. The second-order valence-electron chi connectivity index (χ2n) is 9.17. The standard InChI is InChI=1S/C24H36N6O8/c1-12(2)20(27)23(36)30-17(11-13-3-5-14(31)6-4-13)22(35)28-15(7-9-18(25)32)21(34)29-16(24(37)38)8-10-19(26)33/h3-6,12,15-17,20,31H,7-11,27H2,1-2H3,(H2,25,32)(H2,26,33)(H,28,35)(H,29,34)(H,30,36)(H,37,38). The number of carbonyl (C=O) groups excluding carboxylic acids is 5. The van der Waals surface area contributed by atoms with Crippen molar-refractivity contribution in [2.24, 2.45) is 23.1 Å². The average Bonchev–Trinajstić information content (AvgIpc) is 2.83. The van der Waals surface area contributed by atoms with Crippen LogP contribution in [0.1, 0.15) is 45.1 Å². The third-order valence-electron chi connectivity index (χ3n) is 5.64. The summed E-state index contributed by atoms with van der Waals surface area (Å²) < 4.78 is 0. The minimum Gasteiger partial charge on any atom is -0.508 e. The van der Waals surface area contributed by atoms with Crippen molar-refractivity contribution in [2.75, 3.05) is 0 Å². The number of rotatable bonds is 16. The summed E-state index contributed by atoms with van der Waals surface area (Å²) in [4.78, 5) is 72.7. The van der Waals surface area contributed by atoms with Gasteiger partial charge in [-0.3, -0.25) is 24.0 Å². The predicted molar refractivity (Wildman–Crippen MR) is 135 cm³/mol. The lowest BCUT2D eigenvalue weighted by Gasteiger charge is -2.26. The topological polar surface area (TPSA) is 257 Å². The molecule has 0 fully saturated rings. The fourth-order valence-corrected chi connectivity index (χ4v) is 3.29. The number of carbonyl (C=O) groups is 6. The number of carboxylic acid groups (broad SMARTS) is 1. The first-order valence-corrected chi connectivity index (χ1v) is 11.9. The van der Waals surface area contributed by atoms with E-state index in [1.54, 1.807) is 13.8 Å². The molecule has 1 aromatic rings. The van der Waals surface area contributed by atoms with Crippen molar-refractivity contribution in [1.29, 1.82) is 0 Å². The summed E-state index contributed by atoms with van der Waals surface area (Å²) in [5, 5.41) is 26.1. The molecule has 14 heteroatoms. The van der Waals surface area contributed by atoms with Gasteiger partial charge in [-0.1, -0.05) is 26.0 Å². The second kappa shape index (κ2) is 15.1. The molecule has 4 unspecified atom stereocenters. The normalized spacial score (nSPS) is 14.0. The van der Waals surface area contributed by atoms with Gasteiger partial charge in [0.2, 0.25) is 29.5 Å². The van der Waals surface area contributed by atoms with Crippen LogP contribution in [0.15, 0.2) is 24.3 Å². The van der Waals surface area contributed by atoms with E-state index in [2.05, 4.69) is 16.0 Å². The van der Waals surface area contributed by atoms with Crippen LogP contribution in [-0.4, -0.2) is 69.9 Å². The summed E-state index contributed by atoms with van der Waals surface area (Å²) >= 11 is 0. The molecule has 0 aromatic heterocycles. The summed E-state index contributed by atoms with van der Waals surface area (Å²) in [5.74, 6) is -5.58. The van der Waals surface area contributed by atoms with Crippen molar-refractivity contribution in [2.45, 2.75) is 70.1 Å². The van der Waals surface area contributed by atoms with E-state index < -0.39 is 59.7 Å². The van der Waals surface area contributed by atoms with Crippen LogP contribution in [0.2, 0.25) is 0 Å². The molecule has 1 rings (SSSR count). The van der Waals surface area contributed by atoms with E-state index in [1.807, 2.05) is 0 Å². The molecular weight excluding hydrogens is 500 g/mol.